The Morgan fingerprint density at radius 1 is 1.04 bits per heavy atom. The third-order valence-corrected chi connectivity index (χ3v) is 10.2. The summed E-state index contributed by atoms with van der Waals surface area (Å²) in [5.74, 6) is -0.712. The van der Waals surface area contributed by atoms with E-state index in [2.05, 4.69) is 27.8 Å². The van der Waals surface area contributed by atoms with Crippen LogP contribution < -0.4 is 10.5 Å². The maximum atomic E-state index is 13.6. The minimum Gasteiger partial charge on any atom is -0.497 e. The van der Waals surface area contributed by atoms with E-state index < -0.39 is 18.0 Å². The van der Waals surface area contributed by atoms with Crippen LogP contribution in [0.1, 0.15) is 83.5 Å². The molecule has 2 N–H and O–H groups in total. The van der Waals surface area contributed by atoms with Gasteiger partial charge in [0.05, 0.1) is 30.3 Å². The summed E-state index contributed by atoms with van der Waals surface area (Å²) in [4.78, 5) is 42.4. The molecule has 0 aliphatic heterocycles. The number of benzene rings is 3. The number of anilines is 1. The Hall–Kier alpha value is -3.86. The summed E-state index contributed by atoms with van der Waals surface area (Å²) in [5.41, 5.74) is 10.6. The number of nitrogens with two attached hydrogens (primary N) is 1. The van der Waals surface area contributed by atoms with Gasteiger partial charge in [0.1, 0.15) is 18.5 Å². The summed E-state index contributed by atoms with van der Waals surface area (Å²) in [6, 6.07) is 16.0. The van der Waals surface area contributed by atoms with Gasteiger partial charge in [0.25, 0.3) is 5.91 Å². The summed E-state index contributed by atoms with van der Waals surface area (Å²) < 4.78 is 18.9. The highest BCUT2D eigenvalue weighted by Crippen LogP contribution is 2.32. The lowest BCUT2D eigenvalue weighted by molar-refractivity contribution is -0.145. The lowest BCUT2D eigenvalue weighted by Gasteiger charge is -2.34. The van der Waals surface area contributed by atoms with Crippen LogP contribution in [-0.4, -0.2) is 59.7 Å². The largest absolute Gasteiger partial charge is 0.497 e. The number of hydrogen-bond donors (Lipinski definition) is 1. The van der Waals surface area contributed by atoms with Crippen molar-refractivity contribution < 1.29 is 28.6 Å². The van der Waals surface area contributed by atoms with Crippen LogP contribution in [0.3, 0.4) is 0 Å². The molecule has 1 unspecified atom stereocenters. The molecule has 5 rings (SSSR count). The number of fused-ring (bicyclic) bond motifs is 1. The Balaban J connectivity index is 1.26. The third kappa shape index (κ3) is 8.48. The predicted molar refractivity (Wildman–Crippen MR) is 195 cm³/mol. The van der Waals surface area contributed by atoms with Crippen LogP contribution in [0.15, 0.2) is 59.1 Å². The Labute approximate surface area is 300 Å². The van der Waals surface area contributed by atoms with E-state index in [0.29, 0.717) is 66.8 Å². The van der Waals surface area contributed by atoms with Crippen LogP contribution in [0.5, 0.6) is 5.75 Å². The monoisotopic (exact) mass is 751 g/mol. The van der Waals surface area contributed by atoms with E-state index >= 15 is 0 Å². The number of nitrogens with zero attached hydrogens (tertiary/aromatic N) is 2. The molecule has 49 heavy (non-hydrogen) atoms. The fourth-order valence-corrected chi connectivity index (χ4v) is 7.20. The number of aromatic nitrogens is 1. The number of nitrogen functional groups attached to an aromatic ring is 1. The van der Waals surface area contributed by atoms with E-state index in [0.717, 1.165) is 12.1 Å². The zero-order valence-corrected chi connectivity index (χ0v) is 30.7. The van der Waals surface area contributed by atoms with Crippen LogP contribution >= 0.6 is 27.5 Å². The van der Waals surface area contributed by atoms with Crippen molar-refractivity contribution >= 4 is 62.0 Å². The third-order valence-electron chi connectivity index (χ3n) is 9.27. The second-order valence-corrected chi connectivity index (χ2v) is 13.8. The van der Waals surface area contributed by atoms with Crippen molar-refractivity contribution in [1.82, 2.24) is 9.47 Å². The van der Waals surface area contributed by atoms with Gasteiger partial charge in [-0.15, -0.1) is 0 Å². The Morgan fingerprint density at radius 3 is 2.43 bits per heavy atom. The highest BCUT2D eigenvalue weighted by atomic mass is 79.9. The van der Waals surface area contributed by atoms with Crippen molar-refractivity contribution in [3.8, 4) is 5.75 Å². The van der Waals surface area contributed by atoms with Gasteiger partial charge in [0.15, 0.2) is 0 Å². The number of methoxy groups -OCH3 is 1. The molecular weight excluding hydrogens is 710 g/mol. The highest BCUT2D eigenvalue weighted by molar-refractivity contribution is 9.10. The van der Waals surface area contributed by atoms with E-state index in [1.165, 1.54) is 32.1 Å². The van der Waals surface area contributed by atoms with E-state index in [1.807, 2.05) is 0 Å². The first-order valence-corrected chi connectivity index (χ1v) is 17.8. The molecule has 1 aliphatic carbocycles. The molecule has 3 aromatic carbocycles. The summed E-state index contributed by atoms with van der Waals surface area (Å²) in [5, 5.41) is 1.23. The van der Waals surface area contributed by atoms with Crippen molar-refractivity contribution in [1.29, 1.82) is 0 Å². The molecule has 0 amide bonds. The van der Waals surface area contributed by atoms with Gasteiger partial charge in [0, 0.05) is 38.7 Å². The Morgan fingerprint density at radius 2 is 1.76 bits per heavy atom. The number of hydrogen-bond acceptors (Lipinski definition) is 8. The molecule has 0 radical (unpaired) electrons. The number of carbonyl (C=O) groups is 3. The van der Waals surface area contributed by atoms with Crippen molar-refractivity contribution in [3.05, 3.63) is 92.0 Å². The van der Waals surface area contributed by atoms with E-state index in [-0.39, 0.29) is 18.9 Å². The number of esters is 2. The van der Waals surface area contributed by atoms with Gasteiger partial charge < -0.3 is 19.9 Å². The minimum absolute atomic E-state index is 0.0970. The topological polar surface area (TPSA) is 113 Å². The van der Waals surface area contributed by atoms with Crippen LogP contribution in [0.25, 0.3) is 10.9 Å². The zero-order valence-electron chi connectivity index (χ0n) is 28.4. The first-order valence-electron chi connectivity index (χ1n) is 16.7. The van der Waals surface area contributed by atoms with Gasteiger partial charge in [-0.1, -0.05) is 37.8 Å². The maximum absolute atomic E-state index is 13.6. The zero-order chi connectivity index (χ0) is 35.2. The SMILES string of the molecule is CCN(Cc1cc(C(=O)OC(C)COC(=O)Cc2c(C)n(C(=O)c3ccc(Cl)cc3)c3ccc(OC)cc23)cc(Br)c1N)C1CCCCC1. The molecule has 0 bridgehead atoms. The molecule has 0 spiro atoms. The van der Waals surface area contributed by atoms with Crippen molar-refractivity contribution in [2.24, 2.45) is 0 Å². The van der Waals surface area contributed by atoms with Gasteiger partial charge in [-0.3, -0.25) is 19.1 Å². The van der Waals surface area contributed by atoms with Crippen molar-refractivity contribution in [3.63, 3.8) is 0 Å². The molecule has 9 nitrogen and oxygen atoms in total. The van der Waals surface area contributed by atoms with Crippen LogP contribution in [0, 0.1) is 6.92 Å². The quantitative estimate of drug-likeness (QED) is 0.114. The standard InChI is InChI=1S/C38H43BrClN3O6/c1-5-42(29-9-7-6-8-10-29)21-27-17-26(18-33(39)36(27)41)38(46)49-23(2)22-48-35(44)20-31-24(3)43(34-16-15-30(47-4)19-32(31)34)37(45)25-11-13-28(40)14-12-25/h11-19,23,29H,5-10,20-22,41H2,1-4H3. The van der Waals surface area contributed by atoms with Gasteiger partial charge in [-0.05, 0) is 115 Å². The number of carbonyl (C=O) groups excluding carboxylic acids is 3. The van der Waals surface area contributed by atoms with Gasteiger partial charge in [0.2, 0.25) is 0 Å². The second-order valence-electron chi connectivity index (χ2n) is 12.6. The van der Waals surface area contributed by atoms with E-state index in [1.54, 1.807) is 80.1 Å². The van der Waals surface area contributed by atoms with Crippen LogP contribution in [0.2, 0.25) is 5.02 Å². The highest BCUT2D eigenvalue weighted by Gasteiger charge is 2.25. The fourth-order valence-electron chi connectivity index (χ4n) is 6.57. The molecule has 4 aromatic rings. The Bertz CT molecular complexity index is 1830. The number of halogens is 2. The molecule has 11 heteroatoms. The minimum atomic E-state index is -0.709. The summed E-state index contributed by atoms with van der Waals surface area (Å²) in [6.07, 6.45) is 5.28. The molecule has 0 saturated heterocycles. The smallest absolute Gasteiger partial charge is 0.338 e. The molecule has 1 fully saturated rings. The first-order chi connectivity index (χ1) is 23.5. The summed E-state index contributed by atoms with van der Waals surface area (Å²) in [6.45, 7) is 7.02. The maximum Gasteiger partial charge on any atom is 0.338 e. The molecule has 1 saturated carbocycles. The molecule has 1 aromatic heterocycles. The van der Waals surface area contributed by atoms with Crippen molar-refractivity contribution in [2.75, 3.05) is 26.0 Å². The molecule has 1 atom stereocenters. The van der Waals surface area contributed by atoms with Gasteiger partial charge in [-0.25, -0.2) is 4.79 Å². The molecule has 1 heterocycles. The van der Waals surface area contributed by atoms with Gasteiger partial charge in [-0.2, -0.15) is 0 Å². The molecular formula is C38H43BrClN3O6. The first kappa shape index (κ1) is 36.4. The van der Waals surface area contributed by atoms with E-state index in [9.17, 15) is 14.4 Å². The van der Waals surface area contributed by atoms with Crippen LogP contribution in [0.4, 0.5) is 5.69 Å². The predicted octanol–water partition coefficient (Wildman–Crippen LogP) is 8.13. The lowest BCUT2D eigenvalue weighted by atomic mass is 9.93. The number of rotatable bonds is 12. The molecule has 1 aliphatic rings. The average molecular weight is 753 g/mol. The van der Waals surface area contributed by atoms with Crippen LogP contribution in [-0.2, 0) is 27.2 Å². The molecule has 260 valence electrons. The average Bonchev–Trinajstić information content (AvgIpc) is 3.37. The lowest BCUT2D eigenvalue weighted by Crippen LogP contribution is -2.36. The summed E-state index contributed by atoms with van der Waals surface area (Å²) in [7, 11) is 1.56. The van der Waals surface area contributed by atoms with Crippen molar-refractivity contribution in [2.45, 2.75) is 78.0 Å². The normalized spacial score (nSPS) is 14.2. The van der Waals surface area contributed by atoms with Gasteiger partial charge >= 0.3 is 11.9 Å². The fraction of sp³-hybridized carbons (Fsp3) is 0.395. The Kier molecular flexibility index (Phi) is 12.1. The number of ether oxygens (including phenoxy) is 3. The summed E-state index contributed by atoms with van der Waals surface area (Å²) >= 11 is 9.56. The second kappa shape index (κ2) is 16.2. The van der Waals surface area contributed by atoms with E-state index in [4.69, 9.17) is 31.5 Å².